The Morgan fingerprint density at radius 2 is 2.05 bits per heavy atom. The zero-order chi connectivity index (χ0) is 14.7. The normalized spacial score (nSPS) is 23.1. The van der Waals surface area contributed by atoms with Crippen LogP contribution in [0.5, 0.6) is 0 Å². The van der Waals surface area contributed by atoms with Gasteiger partial charge in [0.05, 0.1) is 0 Å². The maximum Gasteiger partial charge on any atom is 0.0451 e. The fourth-order valence-corrected chi connectivity index (χ4v) is 3.09. The highest BCUT2D eigenvalue weighted by atomic mass is 15.1. The molecule has 112 valence electrons. The molecule has 0 bridgehead atoms. The van der Waals surface area contributed by atoms with E-state index in [0.717, 1.165) is 24.9 Å². The smallest absolute Gasteiger partial charge is 0.0451 e. The fraction of sp³-hybridized carbons (Fsp3) is 0.667. The molecule has 3 unspecified atom stereocenters. The van der Waals surface area contributed by atoms with Crippen molar-refractivity contribution in [3.8, 4) is 0 Å². The summed E-state index contributed by atoms with van der Waals surface area (Å²) in [6.45, 7) is 12.3. The topological polar surface area (TPSA) is 15.3 Å². The Balaban J connectivity index is 2.03. The van der Waals surface area contributed by atoms with E-state index in [0.29, 0.717) is 6.04 Å². The van der Waals surface area contributed by atoms with Crippen molar-refractivity contribution in [2.45, 2.75) is 40.2 Å². The van der Waals surface area contributed by atoms with Crippen molar-refractivity contribution in [2.75, 3.05) is 26.7 Å². The fourth-order valence-electron chi connectivity index (χ4n) is 3.09. The molecule has 1 aromatic rings. The van der Waals surface area contributed by atoms with Crippen molar-refractivity contribution >= 4 is 0 Å². The van der Waals surface area contributed by atoms with Crippen LogP contribution in [0.15, 0.2) is 18.2 Å². The minimum atomic E-state index is 0.443. The second-order valence-electron chi connectivity index (χ2n) is 6.66. The molecule has 0 radical (unpaired) electrons. The third-order valence-corrected chi connectivity index (χ3v) is 4.58. The van der Waals surface area contributed by atoms with Crippen molar-refractivity contribution in [3.05, 3.63) is 34.9 Å². The van der Waals surface area contributed by atoms with Gasteiger partial charge in [0.2, 0.25) is 0 Å². The van der Waals surface area contributed by atoms with Crippen LogP contribution in [0.4, 0.5) is 0 Å². The molecular formula is C18H30N2. The third-order valence-electron chi connectivity index (χ3n) is 4.58. The standard InChI is InChI=1S/C18H30N2/c1-6-19-18(12-20(5)11-16-10-15(16)4)17-9-13(2)7-8-14(17)3/h7-9,15-16,18-19H,6,10-12H2,1-5H3. The van der Waals surface area contributed by atoms with Gasteiger partial charge in [-0.3, -0.25) is 0 Å². The van der Waals surface area contributed by atoms with Gasteiger partial charge in [-0.05, 0) is 56.8 Å². The van der Waals surface area contributed by atoms with Gasteiger partial charge in [-0.25, -0.2) is 0 Å². The van der Waals surface area contributed by atoms with Crippen LogP contribution in [0.25, 0.3) is 0 Å². The Labute approximate surface area is 124 Å². The number of hydrogen-bond acceptors (Lipinski definition) is 2. The summed E-state index contributed by atoms with van der Waals surface area (Å²) >= 11 is 0. The maximum absolute atomic E-state index is 3.66. The molecule has 1 aliphatic rings. The summed E-state index contributed by atoms with van der Waals surface area (Å²) in [6, 6.07) is 7.24. The van der Waals surface area contributed by atoms with Gasteiger partial charge in [-0.15, -0.1) is 0 Å². The van der Waals surface area contributed by atoms with Crippen LogP contribution in [0.2, 0.25) is 0 Å². The number of hydrogen-bond donors (Lipinski definition) is 1. The van der Waals surface area contributed by atoms with Crippen molar-refractivity contribution in [2.24, 2.45) is 11.8 Å². The van der Waals surface area contributed by atoms with Crippen LogP contribution < -0.4 is 5.32 Å². The van der Waals surface area contributed by atoms with Crippen LogP contribution in [-0.4, -0.2) is 31.6 Å². The van der Waals surface area contributed by atoms with Gasteiger partial charge in [0, 0.05) is 19.1 Å². The monoisotopic (exact) mass is 274 g/mol. The van der Waals surface area contributed by atoms with Crippen LogP contribution in [0.3, 0.4) is 0 Å². The zero-order valence-electron chi connectivity index (χ0n) is 13.7. The Kier molecular flexibility index (Phi) is 5.22. The van der Waals surface area contributed by atoms with E-state index in [2.05, 4.69) is 63.2 Å². The van der Waals surface area contributed by atoms with Crippen molar-refractivity contribution < 1.29 is 0 Å². The van der Waals surface area contributed by atoms with Gasteiger partial charge in [-0.2, -0.15) is 0 Å². The van der Waals surface area contributed by atoms with Crippen LogP contribution in [0, 0.1) is 25.7 Å². The van der Waals surface area contributed by atoms with E-state index in [9.17, 15) is 0 Å². The van der Waals surface area contributed by atoms with Crippen molar-refractivity contribution in [1.29, 1.82) is 0 Å². The Hall–Kier alpha value is -0.860. The van der Waals surface area contributed by atoms with E-state index in [-0.39, 0.29) is 0 Å². The molecule has 1 N–H and O–H groups in total. The first-order chi connectivity index (χ1) is 9.51. The van der Waals surface area contributed by atoms with Gasteiger partial charge in [0.25, 0.3) is 0 Å². The lowest BCUT2D eigenvalue weighted by molar-refractivity contribution is 0.277. The lowest BCUT2D eigenvalue weighted by Crippen LogP contribution is -2.34. The zero-order valence-corrected chi connectivity index (χ0v) is 13.7. The molecule has 0 amide bonds. The summed E-state index contributed by atoms with van der Waals surface area (Å²) in [7, 11) is 2.26. The molecule has 0 aromatic heterocycles. The lowest BCUT2D eigenvalue weighted by atomic mass is 9.98. The molecule has 0 heterocycles. The number of rotatable bonds is 7. The SMILES string of the molecule is CCNC(CN(C)CC1CC1C)c1cc(C)ccc1C. The Bertz CT molecular complexity index is 441. The molecule has 0 spiro atoms. The van der Waals surface area contributed by atoms with Crippen LogP contribution in [-0.2, 0) is 0 Å². The molecule has 3 atom stereocenters. The van der Waals surface area contributed by atoms with Crippen molar-refractivity contribution in [3.63, 3.8) is 0 Å². The predicted molar refractivity (Wildman–Crippen MR) is 87.1 cm³/mol. The number of nitrogens with one attached hydrogen (secondary N) is 1. The second-order valence-corrected chi connectivity index (χ2v) is 6.66. The summed E-state index contributed by atoms with van der Waals surface area (Å²) in [5, 5.41) is 3.66. The van der Waals surface area contributed by atoms with Gasteiger partial charge in [-0.1, -0.05) is 37.6 Å². The Morgan fingerprint density at radius 1 is 1.35 bits per heavy atom. The molecule has 1 fully saturated rings. The number of aryl methyl sites for hydroxylation is 2. The largest absolute Gasteiger partial charge is 0.309 e. The van der Waals surface area contributed by atoms with Crippen molar-refractivity contribution in [1.82, 2.24) is 10.2 Å². The minimum absolute atomic E-state index is 0.443. The quantitative estimate of drug-likeness (QED) is 0.818. The molecule has 0 saturated heterocycles. The highest BCUT2D eigenvalue weighted by Crippen LogP contribution is 2.38. The van der Waals surface area contributed by atoms with Crippen LogP contribution >= 0.6 is 0 Å². The average molecular weight is 274 g/mol. The minimum Gasteiger partial charge on any atom is -0.309 e. The average Bonchev–Trinajstić information content (AvgIpc) is 3.07. The lowest BCUT2D eigenvalue weighted by Gasteiger charge is -2.26. The molecule has 1 saturated carbocycles. The molecule has 2 nitrogen and oxygen atoms in total. The number of benzene rings is 1. The van der Waals surface area contributed by atoms with Gasteiger partial charge < -0.3 is 10.2 Å². The summed E-state index contributed by atoms with van der Waals surface area (Å²) in [5.41, 5.74) is 4.21. The molecular weight excluding hydrogens is 244 g/mol. The first-order valence-electron chi connectivity index (χ1n) is 8.00. The molecule has 0 aliphatic heterocycles. The molecule has 1 aromatic carbocycles. The third kappa shape index (κ3) is 4.07. The second kappa shape index (κ2) is 6.73. The highest BCUT2D eigenvalue weighted by molar-refractivity contribution is 5.33. The first-order valence-corrected chi connectivity index (χ1v) is 8.00. The predicted octanol–water partition coefficient (Wildman–Crippen LogP) is 3.54. The van der Waals surface area contributed by atoms with E-state index in [1.807, 2.05) is 0 Å². The number of likely N-dealkylation sites (N-methyl/N-ethyl adjacent to an activating group) is 2. The van der Waals surface area contributed by atoms with Crippen LogP contribution in [0.1, 0.15) is 43.0 Å². The molecule has 2 heteroatoms. The summed E-state index contributed by atoms with van der Waals surface area (Å²) in [6.07, 6.45) is 1.42. The first kappa shape index (κ1) is 15.5. The molecule has 1 aliphatic carbocycles. The van der Waals surface area contributed by atoms with E-state index >= 15 is 0 Å². The van der Waals surface area contributed by atoms with E-state index in [1.54, 1.807) is 0 Å². The molecule has 20 heavy (non-hydrogen) atoms. The van der Waals surface area contributed by atoms with Gasteiger partial charge in [0.15, 0.2) is 0 Å². The number of nitrogens with zero attached hydrogens (tertiary/aromatic N) is 1. The van der Waals surface area contributed by atoms with Gasteiger partial charge in [0.1, 0.15) is 0 Å². The summed E-state index contributed by atoms with van der Waals surface area (Å²) in [5.74, 6) is 1.87. The van der Waals surface area contributed by atoms with E-state index in [1.165, 1.54) is 29.7 Å². The van der Waals surface area contributed by atoms with Gasteiger partial charge >= 0.3 is 0 Å². The highest BCUT2D eigenvalue weighted by Gasteiger charge is 2.33. The van der Waals surface area contributed by atoms with E-state index in [4.69, 9.17) is 0 Å². The Morgan fingerprint density at radius 3 is 2.65 bits per heavy atom. The summed E-state index contributed by atoms with van der Waals surface area (Å²) in [4.78, 5) is 2.50. The summed E-state index contributed by atoms with van der Waals surface area (Å²) < 4.78 is 0. The molecule has 2 rings (SSSR count). The van der Waals surface area contributed by atoms with E-state index < -0.39 is 0 Å². The maximum atomic E-state index is 3.66.